The normalized spacial score (nSPS) is 20.6. The Bertz CT molecular complexity index is 949. The zero-order valence-corrected chi connectivity index (χ0v) is 16.7. The monoisotopic (exact) mass is 404 g/mol. The van der Waals surface area contributed by atoms with Gasteiger partial charge in [-0.1, -0.05) is 36.4 Å². The van der Waals surface area contributed by atoms with Crippen LogP contribution in [0.5, 0.6) is 0 Å². The minimum atomic E-state index is -3.67. The molecule has 8 heteroatoms. The highest BCUT2D eigenvalue weighted by Gasteiger charge is 2.37. The van der Waals surface area contributed by atoms with Gasteiger partial charge in [0.1, 0.15) is 12.4 Å². The van der Waals surface area contributed by atoms with Crippen LogP contribution in [0.15, 0.2) is 59.0 Å². The van der Waals surface area contributed by atoms with E-state index in [-0.39, 0.29) is 11.3 Å². The molecule has 0 radical (unpaired) electrons. The van der Waals surface area contributed by atoms with Gasteiger partial charge in [0.05, 0.1) is 17.4 Å². The zero-order chi connectivity index (χ0) is 20.3. The van der Waals surface area contributed by atoms with Gasteiger partial charge in [-0.3, -0.25) is 4.79 Å². The van der Waals surface area contributed by atoms with Gasteiger partial charge in [0.25, 0.3) is 0 Å². The number of allylic oxidation sites excluding steroid dienone is 2. The fraction of sp³-hybridized carbons (Fsp3) is 0.350. The highest BCUT2D eigenvalue weighted by Crippen LogP contribution is 2.37. The van der Waals surface area contributed by atoms with E-state index in [0.717, 1.165) is 5.57 Å². The Morgan fingerprint density at radius 1 is 1.25 bits per heavy atom. The maximum atomic E-state index is 13.1. The molecule has 1 atom stereocenters. The van der Waals surface area contributed by atoms with Crippen LogP contribution in [0.1, 0.15) is 12.0 Å². The van der Waals surface area contributed by atoms with E-state index in [1.807, 2.05) is 36.3 Å². The molecule has 1 aromatic carbocycles. The first kappa shape index (κ1) is 20.3. The number of hydrogen-bond donors (Lipinski definition) is 1. The number of carboxylic acids is 1. The van der Waals surface area contributed by atoms with Crippen LogP contribution in [-0.2, 0) is 19.6 Å². The smallest absolute Gasteiger partial charge is 0.304 e. The third kappa shape index (κ3) is 4.04. The number of ether oxygens (including phenoxy) is 1. The number of hydrogen-bond acceptors (Lipinski definition) is 5. The van der Waals surface area contributed by atoms with Crippen LogP contribution >= 0.6 is 0 Å². The lowest BCUT2D eigenvalue weighted by atomic mass is 9.97. The molecule has 1 aliphatic heterocycles. The molecule has 1 aromatic rings. The topological polar surface area (TPSA) is 87.2 Å². The largest absolute Gasteiger partial charge is 0.491 e. The van der Waals surface area contributed by atoms with Gasteiger partial charge in [-0.15, -0.1) is 0 Å². The van der Waals surface area contributed by atoms with E-state index < -0.39 is 22.0 Å². The number of likely N-dealkylation sites (N-methyl/N-ethyl adjacent to an activating group) is 2. The lowest BCUT2D eigenvalue weighted by molar-refractivity contribution is -0.137. The van der Waals surface area contributed by atoms with E-state index in [2.05, 4.69) is 0 Å². The number of fused-ring (bicyclic) bond motifs is 2. The first-order valence-corrected chi connectivity index (χ1v) is 10.5. The highest BCUT2D eigenvalue weighted by molar-refractivity contribution is 7.89. The molecule has 0 amide bonds. The molecule has 150 valence electrons. The zero-order valence-electron chi connectivity index (χ0n) is 15.9. The maximum Gasteiger partial charge on any atom is 0.304 e. The summed E-state index contributed by atoms with van der Waals surface area (Å²) in [5.74, 6) is -0.300. The molecule has 0 saturated heterocycles. The molecular weight excluding hydrogens is 380 g/mol. The van der Waals surface area contributed by atoms with Crippen molar-refractivity contribution in [2.24, 2.45) is 0 Å². The summed E-state index contributed by atoms with van der Waals surface area (Å²) in [6.07, 6.45) is 7.46. The van der Waals surface area contributed by atoms with Crippen molar-refractivity contribution in [3.05, 3.63) is 59.7 Å². The summed E-state index contributed by atoms with van der Waals surface area (Å²) < 4.78 is 33.6. The maximum absolute atomic E-state index is 13.1. The Kier molecular flexibility index (Phi) is 6.02. The van der Waals surface area contributed by atoms with Crippen LogP contribution in [0.2, 0.25) is 0 Å². The molecule has 0 bridgehead atoms. The fourth-order valence-electron chi connectivity index (χ4n) is 3.26. The summed E-state index contributed by atoms with van der Waals surface area (Å²) in [6, 6.07) is 6.40. The van der Waals surface area contributed by atoms with Gasteiger partial charge in [0.15, 0.2) is 0 Å². The molecule has 28 heavy (non-hydrogen) atoms. The summed E-state index contributed by atoms with van der Waals surface area (Å²) >= 11 is 0. The first-order chi connectivity index (χ1) is 13.3. The molecular formula is C20H24N2O5S. The lowest BCUT2D eigenvalue weighted by Crippen LogP contribution is -2.36. The Labute approximate surface area is 165 Å². The minimum Gasteiger partial charge on any atom is -0.491 e. The van der Waals surface area contributed by atoms with E-state index >= 15 is 0 Å². The minimum absolute atomic E-state index is 0.0614. The average Bonchev–Trinajstić information content (AvgIpc) is 2.75. The molecule has 2 aliphatic rings. The number of carbonyl (C=O) groups is 1. The molecule has 0 aromatic heterocycles. The molecule has 0 saturated carbocycles. The molecule has 1 unspecified atom stereocenters. The van der Waals surface area contributed by atoms with Gasteiger partial charge in [0.2, 0.25) is 10.0 Å². The van der Waals surface area contributed by atoms with E-state index in [9.17, 15) is 13.2 Å². The van der Waals surface area contributed by atoms with Crippen LogP contribution in [0.3, 0.4) is 0 Å². The second-order valence-electron chi connectivity index (χ2n) is 6.79. The van der Waals surface area contributed by atoms with Crippen molar-refractivity contribution in [1.82, 2.24) is 9.21 Å². The third-order valence-electron chi connectivity index (χ3n) is 4.87. The standard InChI is InChI=1S/C20H24N2O5S/c1-21(12-11-19(23)24)13-14-27-20-15-7-3-5-9-17(15)22(2)28(25,26)18-10-6-4-8-16(18)20/h3-10,17H,11-14H2,1-2H3,(H,23,24). The number of rotatable bonds is 7. The van der Waals surface area contributed by atoms with Crippen LogP contribution < -0.4 is 0 Å². The van der Waals surface area contributed by atoms with Gasteiger partial charge in [-0.25, -0.2) is 8.42 Å². The van der Waals surface area contributed by atoms with Crippen LogP contribution in [0.25, 0.3) is 5.76 Å². The summed E-state index contributed by atoms with van der Waals surface area (Å²) in [7, 11) is -0.268. The summed E-state index contributed by atoms with van der Waals surface area (Å²) in [6.45, 7) is 1.26. The lowest BCUT2D eigenvalue weighted by Gasteiger charge is -2.26. The number of aliphatic carboxylic acids is 1. The van der Waals surface area contributed by atoms with Crippen molar-refractivity contribution >= 4 is 21.8 Å². The summed E-state index contributed by atoms with van der Waals surface area (Å²) in [4.78, 5) is 12.8. The van der Waals surface area contributed by atoms with E-state index in [1.54, 1.807) is 31.3 Å². The number of nitrogens with zero attached hydrogens (tertiary/aromatic N) is 2. The van der Waals surface area contributed by atoms with Crippen molar-refractivity contribution in [3.8, 4) is 0 Å². The second-order valence-corrected chi connectivity index (χ2v) is 8.75. The van der Waals surface area contributed by atoms with Crippen molar-refractivity contribution in [1.29, 1.82) is 0 Å². The Morgan fingerprint density at radius 3 is 2.75 bits per heavy atom. The van der Waals surface area contributed by atoms with E-state index in [4.69, 9.17) is 9.84 Å². The van der Waals surface area contributed by atoms with E-state index in [0.29, 0.717) is 31.0 Å². The molecule has 1 aliphatic carbocycles. The summed E-state index contributed by atoms with van der Waals surface area (Å²) in [5, 5.41) is 8.79. The fourth-order valence-corrected chi connectivity index (χ4v) is 4.74. The van der Waals surface area contributed by atoms with Crippen LogP contribution in [0.4, 0.5) is 0 Å². The molecule has 3 rings (SSSR count). The van der Waals surface area contributed by atoms with Crippen LogP contribution in [0, 0.1) is 0 Å². The third-order valence-corrected chi connectivity index (χ3v) is 6.77. The second kappa shape index (κ2) is 8.30. The average molecular weight is 404 g/mol. The predicted octanol–water partition coefficient (Wildman–Crippen LogP) is 1.95. The molecule has 0 spiro atoms. The van der Waals surface area contributed by atoms with Gasteiger partial charge < -0.3 is 14.7 Å². The van der Waals surface area contributed by atoms with Gasteiger partial charge >= 0.3 is 5.97 Å². The van der Waals surface area contributed by atoms with Gasteiger partial charge in [-0.05, 0) is 19.2 Å². The SMILES string of the molecule is CN(CCOC1=C2C=CC=CC2N(C)S(=O)(=O)c2ccccc21)CCC(=O)O. The molecule has 1 N–H and O–H groups in total. The molecule has 0 fully saturated rings. The Morgan fingerprint density at radius 2 is 2.00 bits per heavy atom. The quantitative estimate of drug-likeness (QED) is 0.748. The Balaban J connectivity index is 1.91. The summed E-state index contributed by atoms with van der Waals surface area (Å²) in [5.41, 5.74) is 1.33. The van der Waals surface area contributed by atoms with Gasteiger partial charge in [0, 0.05) is 31.3 Å². The van der Waals surface area contributed by atoms with Crippen molar-refractivity contribution in [2.75, 3.05) is 33.8 Å². The van der Waals surface area contributed by atoms with E-state index in [1.165, 1.54) is 4.31 Å². The number of benzene rings is 1. The predicted molar refractivity (Wildman–Crippen MR) is 106 cm³/mol. The highest BCUT2D eigenvalue weighted by atomic mass is 32.2. The van der Waals surface area contributed by atoms with Gasteiger partial charge in [-0.2, -0.15) is 4.31 Å². The molecule has 7 nitrogen and oxygen atoms in total. The number of carboxylic acid groups (broad SMARTS) is 1. The Hall–Kier alpha value is -2.42. The van der Waals surface area contributed by atoms with Crippen molar-refractivity contribution < 1.29 is 23.1 Å². The number of sulfonamides is 1. The first-order valence-electron chi connectivity index (χ1n) is 9.02. The van der Waals surface area contributed by atoms with Crippen LogP contribution in [-0.4, -0.2) is 68.5 Å². The van der Waals surface area contributed by atoms with Crippen molar-refractivity contribution in [2.45, 2.75) is 17.4 Å². The molecule has 1 heterocycles. The van der Waals surface area contributed by atoms with Crippen molar-refractivity contribution in [3.63, 3.8) is 0 Å².